The molecule has 0 aliphatic rings. The summed E-state index contributed by atoms with van der Waals surface area (Å²) in [6, 6.07) is 6.14. The number of carbonyl (C=O) groups is 3. The van der Waals surface area contributed by atoms with Crippen LogP contribution in [-0.4, -0.2) is 34.0 Å². The standard InChI is InChI=1S/C17H19N3O4/c1-5-24-17(23)12-6-8-13(9-7-12)18-16(22)15(21)14-10(2)19-20(4)11(14)3/h6-9H,5H2,1-4H3,(H,18,22). The Morgan fingerprint density at radius 2 is 1.79 bits per heavy atom. The Bertz CT molecular complexity index is 791. The van der Waals surface area contributed by atoms with Gasteiger partial charge >= 0.3 is 5.97 Å². The second-order valence-electron chi connectivity index (χ2n) is 5.25. The van der Waals surface area contributed by atoms with Gasteiger partial charge in [0.25, 0.3) is 11.7 Å². The molecule has 0 saturated heterocycles. The Labute approximate surface area is 139 Å². The molecular weight excluding hydrogens is 310 g/mol. The van der Waals surface area contributed by atoms with Crippen LogP contribution in [0.2, 0.25) is 0 Å². The molecule has 1 aromatic heterocycles. The monoisotopic (exact) mass is 329 g/mol. The summed E-state index contributed by atoms with van der Waals surface area (Å²) < 4.78 is 6.44. The number of rotatable bonds is 5. The Hall–Kier alpha value is -2.96. The van der Waals surface area contributed by atoms with Crippen LogP contribution in [0.25, 0.3) is 0 Å². The van der Waals surface area contributed by atoms with Crippen molar-refractivity contribution in [3.05, 3.63) is 46.8 Å². The number of nitrogens with zero attached hydrogens (tertiary/aromatic N) is 2. The van der Waals surface area contributed by atoms with E-state index in [1.54, 1.807) is 44.6 Å². The van der Waals surface area contributed by atoms with Crippen molar-refractivity contribution in [2.75, 3.05) is 11.9 Å². The largest absolute Gasteiger partial charge is 0.462 e. The third-order valence-electron chi connectivity index (χ3n) is 3.60. The first-order valence-electron chi connectivity index (χ1n) is 7.48. The van der Waals surface area contributed by atoms with E-state index in [4.69, 9.17) is 4.74 Å². The molecule has 0 unspecified atom stereocenters. The number of esters is 1. The maximum Gasteiger partial charge on any atom is 0.338 e. The fourth-order valence-electron chi connectivity index (χ4n) is 2.31. The number of nitrogens with one attached hydrogen (secondary N) is 1. The van der Waals surface area contributed by atoms with E-state index < -0.39 is 17.7 Å². The van der Waals surface area contributed by atoms with Crippen LogP contribution in [-0.2, 0) is 16.6 Å². The molecule has 0 radical (unpaired) electrons. The minimum atomic E-state index is -0.752. The molecule has 1 N–H and O–H groups in total. The lowest BCUT2D eigenvalue weighted by atomic mass is 10.1. The van der Waals surface area contributed by atoms with Crippen molar-refractivity contribution in [2.45, 2.75) is 20.8 Å². The molecule has 0 atom stereocenters. The number of ketones is 1. The lowest BCUT2D eigenvalue weighted by Crippen LogP contribution is -2.24. The minimum Gasteiger partial charge on any atom is -0.462 e. The van der Waals surface area contributed by atoms with Crippen molar-refractivity contribution in [3.63, 3.8) is 0 Å². The Morgan fingerprint density at radius 3 is 2.29 bits per heavy atom. The van der Waals surface area contributed by atoms with Crippen LogP contribution in [0.3, 0.4) is 0 Å². The van der Waals surface area contributed by atoms with Gasteiger partial charge in [0.05, 0.1) is 23.4 Å². The van der Waals surface area contributed by atoms with Crippen molar-refractivity contribution in [1.29, 1.82) is 0 Å². The molecule has 7 nitrogen and oxygen atoms in total. The predicted octanol–water partition coefficient (Wildman–Crippen LogP) is 2.04. The van der Waals surface area contributed by atoms with E-state index in [0.29, 0.717) is 28.2 Å². The second-order valence-corrected chi connectivity index (χ2v) is 5.25. The molecule has 1 aromatic carbocycles. The van der Waals surface area contributed by atoms with E-state index in [0.717, 1.165) is 0 Å². The lowest BCUT2D eigenvalue weighted by Gasteiger charge is -2.06. The summed E-state index contributed by atoms with van der Waals surface area (Å²) in [7, 11) is 1.71. The van der Waals surface area contributed by atoms with Crippen molar-refractivity contribution in [1.82, 2.24) is 9.78 Å². The second kappa shape index (κ2) is 7.08. The van der Waals surface area contributed by atoms with Gasteiger partial charge in [-0.2, -0.15) is 5.10 Å². The summed E-state index contributed by atoms with van der Waals surface area (Å²) in [5, 5.41) is 6.66. The van der Waals surface area contributed by atoms with Gasteiger partial charge in [0.15, 0.2) is 0 Å². The van der Waals surface area contributed by atoms with Crippen LogP contribution >= 0.6 is 0 Å². The number of carbonyl (C=O) groups excluding carboxylic acids is 3. The highest BCUT2D eigenvalue weighted by atomic mass is 16.5. The number of hydrogen-bond donors (Lipinski definition) is 1. The van der Waals surface area contributed by atoms with Gasteiger partial charge in [-0.05, 0) is 45.0 Å². The Balaban J connectivity index is 2.12. The first-order valence-corrected chi connectivity index (χ1v) is 7.48. The highest BCUT2D eigenvalue weighted by Crippen LogP contribution is 2.15. The van der Waals surface area contributed by atoms with Crippen LogP contribution in [0.5, 0.6) is 0 Å². The summed E-state index contributed by atoms with van der Waals surface area (Å²) in [6.45, 7) is 5.42. The van der Waals surface area contributed by atoms with E-state index in [1.807, 2.05) is 0 Å². The normalized spacial score (nSPS) is 10.3. The molecule has 0 aliphatic carbocycles. The van der Waals surface area contributed by atoms with Crippen LogP contribution in [0.1, 0.15) is 39.0 Å². The number of amides is 1. The van der Waals surface area contributed by atoms with Gasteiger partial charge in [-0.1, -0.05) is 0 Å². The SMILES string of the molecule is CCOC(=O)c1ccc(NC(=O)C(=O)c2c(C)nn(C)c2C)cc1. The van der Waals surface area contributed by atoms with Crippen LogP contribution in [0.4, 0.5) is 5.69 Å². The quantitative estimate of drug-likeness (QED) is 0.515. The molecule has 7 heteroatoms. The fraction of sp³-hybridized carbons (Fsp3) is 0.294. The van der Waals surface area contributed by atoms with E-state index in [1.165, 1.54) is 12.1 Å². The van der Waals surface area contributed by atoms with Gasteiger partial charge < -0.3 is 10.1 Å². The van der Waals surface area contributed by atoms with Crippen molar-refractivity contribution in [3.8, 4) is 0 Å². The van der Waals surface area contributed by atoms with Crippen LogP contribution < -0.4 is 5.32 Å². The van der Waals surface area contributed by atoms with E-state index in [2.05, 4.69) is 10.4 Å². The zero-order valence-electron chi connectivity index (χ0n) is 14.0. The number of Topliss-reactive ketones (excluding diaryl/α,β-unsaturated/α-hetero) is 1. The van der Waals surface area contributed by atoms with Crippen molar-refractivity contribution in [2.24, 2.45) is 7.05 Å². The zero-order chi connectivity index (χ0) is 17.9. The van der Waals surface area contributed by atoms with Crippen molar-refractivity contribution < 1.29 is 19.1 Å². The van der Waals surface area contributed by atoms with Gasteiger partial charge in [0.2, 0.25) is 0 Å². The minimum absolute atomic E-state index is 0.287. The van der Waals surface area contributed by atoms with Crippen LogP contribution in [0.15, 0.2) is 24.3 Å². The average Bonchev–Trinajstić information content (AvgIpc) is 2.80. The van der Waals surface area contributed by atoms with Crippen LogP contribution in [0, 0.1) is 13.8 Å². The summed E-state index contributed by atoms with van der Waals surface area (Å²) in [4.78, 5) is 36.1. The molecule has 0 fully saturated rings. The van der Waals surface area contributed by atoms with Gasteiger partial charge in [-0.25, -0.2) is 4.79 Å². The van der Waals surface area contributed by atoms with Gasteiger partial charge in [0.1, 0.15) is 0 Å². The average molecular weight is 329 g/mol. The van der Waals surface area contributed by atoms with Crippen molar-refractivity contribution >= 4 is 23.3 Å². The lowest BCUT2D eigenvalue weighted by molar-refractivity contribution is -0.112. The topological polar surface area (TPSA) is 90.3 Å². The predicted molar refractivity (Wildman–Crippen MR) is 88.0 cm³/mol. The maximum atomic E-state index is 12.3. The van der Waals surface area contributed by atoms with E-state index >= 15 is 0 Å². The first-order chi connectivity index (χ1) is 11.3. The number of hydrogen-bond acceptors (Lipinski definition) is 5. The summed E-state index contributed by atoms with van der Waals surface area (Å²) >= 11 is 0. The molecule has 2 aromatic rings. The molecule has 0 spiro atoms. The molecule has 0 bridgehead atoms. The Morgan fingerprint density at radius 1 is 1.17 bits per heavy atom. The number of aromatic nitrogens is 2. The third-order valence-corrected chi connectivity index (χ3v) is 3.60. The van der Waals surface area contributed by atoms with Gasteiger partial charge in [0, 0.05) is 18.4 Å². The first kappa shape index (κ1) is 17.4. The Kier molecular flexibility index (Phi) is 5.13. The molecule has 1 amide bonds. The molecule has 0 saturated carbocycles. The zero-order valence-corrected chi connectivity index (χ0v) is 14.0. The fourth-order valence-corrected chi connectivity index (χ4v) is 2.31. The number of aryl methyl sites for hydroxylation is 2. The molecule has 2 rings (SSSR count). The molecule has 1 heterocycles. The summed E-state index contributed by atoms with van der Waals surface area (Å²) in [5.74, 6) is -1.83. The summed E-state index contributed by atoms with van der Waals surface area (Å²) in [6.07, 6.45) is 0. The third kappa shape index (κ3) is 3.51. The molecule has 0 aliphatic heterocycles. The number of ether oxygens (including phenoxy) is 1. The molecule has 24 heavy (non-hydrogen) atoms. The number of benzene rings is 1. The van der Waals surface area contributed by atoms with Gasteiger partial charge in [-0.15, -0.1) is 0 Å². The highest BCUT2D eigenvalue weighted by Gasteiger charge is 2.23. The molecular formula is C17H19N3O4. The summed E-state index contributed by atoms with van der Waals surface area (Å²) in [5.41, 5.74) is 2.23. The smallest absolute Gasteiger partial charge is 0.338 e. The van der Waals surface area contributed by atoms with E-state index in [9.17, 15) is 14.4 Å². The number of anilines is 1. The van der Waals surface area contributed by atoms with E-state index in [-0.39, 0.29) is 6.61 Å². The highest BCUT2D eigenvalue weighted by molar-refractivity contribution is 6.47. The van der Waals surface area contributed by atoms with Gasteiger partial charge in [-0.3, -0.25) is 14.3 Å². The molecule has 126 valence electrons. The maximum absolute atomic E-state index is 12.3.